The van der Waals surface area contributed by atoms with Crippen LogP contribution in [0.3, 0.4) is 0 Å². The monoisotopic (exact) mass is 306 g/mol. The predicted molar refractivity (Wildman–Crippen MR) is 63.1 cm³/mol. The molecule has 2 aromatic heterocycles. The fraction of sp³-hybridized carbons (Fsp3) is 0.250. The number of rotatable bonds is 4. The second-order valence-electron chi connectivity index (χ2n) is 3.38. The van der Waals surface area contributed by atoms with Crippen LogP contribution in [-0.2, 0) is 15.6 Å². The van der Waals surface area contributed by atoms with Crippen molar-refractivity contribution in [2.45, 2.75) is 18.6 Å². The molecule has 2 aromatic rings. The Labute approximate surface area is 111 Å². The second-order valence-corrected chi connectivity index (χ2v) is 5.84. The Morgan fingerprint density at radius 3 is 2.63 bits per heavy atom. The van der Waals surface area contributed by atoms with Crippen LogP contribution in [0.5, 0.6) is 0 Å². The third-order valence-electron chi connectivity index (χ3n) is 2.24. The SMILES string of the molecule is CCn1c(-c2ccc([N+](=O)[O-])o2)nnc1S(=O)(=O)Cl. The topological polar surface area (TPSA) is 121 Å². The number of furan rings is 1. The summed E-state index contributed by atoms with van der Waals surface area (Å²) >= 11 is 0. The van der Waals surface area contributed by atoms with Crippen molar-refractivity contribution in [1.82, 2.24) is 14.8 Å². The van der Waals surface area contributed by atoms with Crippen molar-refractivity contribution in [2.24, 2.45) is 0 Å². The summed E-state index contributed by atoms with van der Waals surface area (Å²) in [5.41, 5.74) is 0. The van der Waals surface area contributed by atoms with Crippen LogP contribution < -0.4 is 0 Å². The highest BCUT2D eigenvalue weighted by Crippen LogP contribution is 2.26. The summed E-state index contributed by atoms with van der Waals surface area (Å²) in [6.07, 6.45) is 0. The first-order valence-electron chi connectivity index (χ1n) is 4.97. The number of aromatic nitrogens is 3. The summed E-state index contributed by atoms with van der Waals surface area (Å²) < 4.78 is 28.7. The summed E-state index contributed by atoms with van der Waals surface area (Å²) in [5.74, 6) is -0.390. The zero-order chi connectivity index (χ0) is 14.2. The van der Waals surface area contributed by atoms with Crippen LogP contribution in [0.1, 0.15) is 6.92 Å². The lowest BCUT2D eigenvalue weighted by atomic mass is 10.4. The van der Waals surface area contributed by atoms with Gasteiger partial charge in [0.15, 0.2) is 5.76 Å². The van der Waals surface area contributed by atoms with Gasteiger partial charge in [-0.05, 0) is 13.0 Å². The molecule has 2 heterocycles. The van der Waals surface area contributed by atoms with E-state index < -0.39 is 25.0 Å². The lowest BCUT2D eigenvalue weighted by Gasteiger charge is -2.02. The minimum absolute atomic E-state index is 0.0348. The van der Waals surface area contributed by atoms with Gasteiger partial charge < -0.3 is 4.42 Å². The fourth-order valence-corrected chi connectivity index (χ4v) is 2.44. The third kappa shape index (κ3) is 2.44. The van der Waals surface area contributed by atoms with E-state index in [1.807, 2.05) is 0 Å². The fourth-order valence-electron chi connectivity index (χ4n) is 1.48. The largest absolute Gasteiger partial charge is 0.433 e. The van der Waals surface area contributed by atoms with E-state index in [-0.39, 0.29) is 18.1 Å². The van der Waals surface area contributed by atoms with E-state index in [4.69, 9.17) is 15.1 Å². The standard InChI is InChI=1S/C8H7ClN4O5S/c1-2-12-7(10-11-8(12)19(9,16)17)5-3-4-6(18-5)13(14)15/h3-4H,2H2,1H3. The quantitative estimate of drug-likeness (QED) is 0.475. The van der Waals surface area contributed by atoms with Crippen LogP contribution >= 0.6 is 10.7 Å². The Hall–Kier alpha value is -1.94. The molecular weight excluding hydrogens is 300 g/mol. The molecule has 0 aliphatic carbocycles. The Kier molecular flexibility index (Phi) is 3.28. The average molecular weight is 307 g/mol. The molecule has 0 aliphatic rings. The molecule has 102 valence electrons. The first-order chi connectivity index (χ1) is 8.84. The minimum atomic E-state index is -4.06. The van der Waals surface area contributed by atoms with Crippen molar-refractivity contribution in [3.63, 3.8) is 0 Å². The molecule has 0 fully saturated rings. The van der Waals surface area contributed by atoms with Crippen molar-refractivity contribution in [3.05, 3.63) is 22.2 Å². The number of halogens is 1. The van der Waals surface area contributed by atoms with Gasteiger partial charge in [-0.2, -0.15) is 0 Å². The Balaban J connectivity index is 2.57. The van der Waals surface area contributed by atoms with Crippen LogP contribution in [0.4, 0.5) is 5.88 Å². The molecular formula is C8H7ClN4O5S. The molecule has 0 N–H and O–H groups in total. The van der Waals surface area contributed by atoms with E-state index in [0.29, 0.717) is 0 Å². The normalized spacial score (nSPS) is 11.7. The van der Waals surface area contributed by atoms with Crippen LogP contribution in [-0.4, -0.2) is 28.1 Å². The van der Waals surface area contributed by atoms with Gasteiger partial charge in [-0.1, -0.05) is 0 Å². The lowest BCUT2D eigenvalue weighted by Crippen LogP contribution is -2.06. The molecule has 2 rings (SSSR count). The maximum atomic E-state index is 11.3. The highest BCUT2D eigenvalue weighted by molar-refractivity contribution is 8.13. The number of hydrogen-bond acceptors (Lipinski definition) is 7. The molecule has 0 radical (unpaired) electrons. The Morgan fingerprint density at radius 2 is 2.16 bits per heavy atom. The van der Waals surface area contributed by atoms with Crippen molar-refractivity contribution in [3.8, 4) is 11.6 Å². The zero-order valence-corrected chi connectivity index (χ0v) is 11.1. The Bertz CT molecular complexity index is 734. The molecule has 9 nitrogen and oxygen atoms in total. The van der Waals surface area contributed by atoms with Gasteiger partial charge in [0, 0.05) is 17.2 Å². The molecule has 0 aromatic carbocycles. The molecule has 0 atom stereocenters. The maximum absolute atomic E-state index is 11.3. The highest BCUT2D eigenvalue weighted by Gasteiger charge is 2.25. The van der Waals surface area contributed by atoms with Gasteiger partial charge in [0.05, 0.1) is 6.07 Å². The van der Waals surface area contributed by atoms with Gasteiger partial charge >= 0.3 is 5.88 Å². The second kappa shape index (κ2) is 4.63. The zero-order valence-electron chi connectivity index (χ0n) is 9.48. The van der Waals surface area contributed by atoms with Crippen LogP contribution in [0.15, 0.2) is 21.7 Å². The molecule has 0 saturated heterocycles. The molecule has 0 saturated carbocycles. The first kappa shape index (κ1) is 13.5. The van der Waals surface area contributed by atoms with Gasteiger partial charge in [-0.15, -0.1) is 10.2 Å². The summed E-state index contributed by atoms with van der Waals surface area (Å²) in [6.45, 7) is 1.86. The molecule has 0 bridgehead atoms. The van der Waals surface area contributed by atoms with E-state index in [1.165, 1.54) is 10.6 Å². The summed E-state index contributed by atoms with van der Waals surface area (Å²) in [5, 5.41) is 17.2. The van der Waals surface area contributed by atoms with Crippen LogP contribution in [0.2, 0.25) is 0 Å². The molecule has 0 aliphatic heterocycles. The van der Waals surface area contributed by atoms with Crippen LogP contribution in [0, 0.1) is 10.1 Å². The van der Waals surface area contributed by atoms with Crippen molar-refractivity contribution >= 4 is 25.6 Å². The van der Waals surface area contributed by atoms with Gasteiger partial charge in [-0.25, -0.2) is 8.42 Å². The van der Waals surface area contributed by atoms with Crippen molar-refractivity contribution in [1.29, 1.82) is 0 Å². The summed E-state index contributed by atoms with van der Waals surface area (Å²) in [4.78, 5) is 9.80. The molecule has 0 amide bonds. The average Bonchev–Trinajstić information content (AvgIpc) is 2.93. The number of hydrogen-bond donors (Lipinski definition) is 0. The molecule has 0 unspecified atom stereocenters. The van der Waals surface area contributed by atoms with Gasteiger partial charge in [0.1, 0.15) is 4.92 Å². The van der Waals surface area contributed by atoms with Crippen molar-refractivity contribution in [2.75, 3.05) is 0 Å². The van der Waals surface area contributed by atoms with Gasteiger partial charge in [0.25, 0.3) is 14.2 Å². The van der Waals surface area contributed by atoms with Crippen LogP contribution in [0.25, 0.3) is 11.6 Å². The first-order valence-corrected chi connectivity index (χ1v) is 7.28. The third-order valence-corrected chi connectivity index (χ3v) is 3.40. The van der Waals surface area contributed by atoms with E-state index in [2.05, 4.69) is 10.2 Å². The van der Waals surface area contributed by atoms with E-state index >= 15 is 0 Å². The molecule has 19 heavy (non-hydrogen) atoms. The Morgan fingerprint density at radius 1 is 1.47 bits per heavy atom. The van der Waals surface area contributed by atoms with E-state index in [0.717, 1.165) is 6.07 Å². The number of nitrogens with zero attached hydrogens (tertiary/aromatic N) is 4. The summed E-state index contributed by atoms with van der Waals surface area (Å²) in [6, 6.07) is 2.44. The van der Waals surface area contributed by atoms with E-state index in [1.54, 1.807) is 6.92 Å². The molecule has 0 spiro atoms. The maximum Gasteiger partial charge on any atom is 0.433 e. The predicted octanol–water partition coefficient (Wildman–Crippen LogP) is 1.39. The molecule has 11 heteroatoms. The minimum Gasteiger partial charge on any atom is -0.397 e. The van der Waals surface area contributed by atoms with Gasteiger partial charge in [0.2, 0.25) is 5.82 Å². The van der Waals surface area contributed by atoms with Crippen molar-refractivity contribution < 1.29 is 17.8 Å². The number of nitro groups is 1. The highest BCUT2D eigenvalue weighted by atomic mass is 35.7. The summed E-state index contributed by atoms with van der Waals surface area (Å²) in [7, 11) is 1.15. The lowest BCUT2D eigenvalue weighted by molar-refractivity contribution is -0.401. The smallest absolute Gasteiger partial charge is 0.397 e. The van der Waals surface area contributed by atoms with Gasteiger partial charge in [-0.3, -0.25) is 14.7 Å². The van der Waals surface area contributed by atoms with E-state index in [9.17, 15) is 18.5 Å².